The number of amides is 1. The Kier molecular flexibility index (Phi) is 4.37. The van der Waals surface area contributed by atoms with Crippen LogP contribution in [0.3, 0.4) is 0 Å². The number of nitrogens with zero attached hydrogens (tertiary/aromatic N) is 1. The third-order valence-corrected chi connectivity index (χ3v) is 5.23. The van der Waals surface area contributed by atoms with Crippen molar-refractivity contribution in [1.82, 2.24) is 4.90 Å². The maximum absolute atomic E-state index is 12.8. The second kappa shape index (κ2) is 5.72. The summed E-state index contributed by atoms with van der Waals surface area (Å²) in [5.74, 6) is -0.667. The lowest BCUT2D eigenvalue weighted by molar-refractivity contribution is -0.149. The molecule has 0 aromatic rings. The Labute approximate surface area is 120 Å². The summed E-state index contributed by atoms with van der Waals surface area (Å²) in [5, 5.41) is 9.52. The number of carbonyl (C=O) groups is 2. The second-order valence-electron chi connectivity index (χ2n) is 6.50. The van der Waals surface area contributed by atoms with Crippen molar-refractivity contribution in [2.75, 3.05) is 19.6 Å². The van der Waals surface area contributed by atoms with E-state index < -0.39 is 16.8 Å². The van der Waals surface area contributed by atoms with Gasteiger partial charge in [0.15, 0.2) is 0 Å². The number of carbonyl (C=O) groups excluding carboxylic acids is 1. The number of rotatable bonds is 5. The molecule has 114 valence electrons. The summed E-state index contributed by atoms with van der Waals surface area (Å²) in [4.78, 5) is 26.1. The lowest BCUT2D eigenvalue weighted by Crippen LogP contribution is -2.47. The fourth-order valence-electron chi connectivity index (χ4n) is 3.90. The molecule has 1 heterocycles. The molecule has 1 amide bonds. The fraction of sp³-hybridized carbons (Fsp3) is 0.867. The zero-order valence-corrected chi connectivity index (χ0v) is 12.4. The lowest BCUT2D eigenvalue weighted by atomic mass is 9.82. The van der Waals surface area contributed by atoms with Gasteiger partial charge in [-0.2, -0.15) is 0 Å². The molecule has 2 rings (SSSR count). The molecule has 1 atom stereocenters. The molecule has 0 spiro atoms. The monoisotopic (exact) mass is 282 g/mol. The molecular formula is C15H26N2O3. The molecule has 5 nitrogen and oxygen atoms in total. The van der Waals surface area contributed by atoms with Gasteiger partial charge in [-0.1, -0.05) is 26.2 Å². The molecule has 2 fully saturated rings. The van der Waals surface area contributed by atoms with Gasteiger partial charge in [-0.25, -0.2) is 0 Å². The predicted octanol–water partition coefficient (Wildman–Crippen LogP) is 1.61. The van der Waals surface area contributed by atoms with E-state index >= 15 is 0 Å². The number of carboxylic acid groups (broad SMARTS) is 1. The van der Waals surface area contributed by atoms with Crippen molar-refractivity contribution in [3.8, 4) is 0 Å². The highest BCUT2D eigenvalue weighted by Gasteiger charge is 2.50. The van der Waals surface area contributed by atoms with Gasteiger partial charge in [0, 0.05) is 19.6 Å². The molecule has 0 radical (unpaired) electrons. The van der Waals surface area contributed by atoms with Gasteiger partial charge in [-0.3, -0.25) is 9.59 Å². The highest BCUT2D eigenvalue weighted by atomic mass is 16.4. The fourth-order valence-corrected chi connectivity index (χ4v) is 3.90. The Morgan fingerprint density at radius 1 is 1.20 bits per heavy atom. The van der Waals surface area contributed by atoms with Crippen molar-refractivity contribution >= 4 is 11.9 Å². The van der Waals surface area contributed by atoms with E-state index in [1.165, 1.54) is 0 Å². The summed E-state index contributed by atoms with van der Waals surface area (Å²) in [6, 6.07) is 0. The third-order valence-electron chi connectivity index (χ3n) is 5.23. The van der Waals surface area contributed by atoms with Crippen LogP contribution in [0.15, 0.2) is 0 Å². The van der Waals surface area contributed by atoms with Crippen LogP contribution in [-0.4, -0.2) is 41.5 Å². The summed E-state index contributed by atoms with van der Waals surface area (Å²) in [6.07, 6.45) is 5.85. The van der Waals surface area contributed by atoms with Crippen molar-refractivity contribution in [2.45, 2.75) is 51.9 Å². The molecule has 1 aliphatic carbocycles. The Balaban J connectivity index is 2.12. The van der Waals surface area contributed by atoms with E-state index in [0.29, 0.717) is 32.5 Å². The highest BCUT2D eigenvalue weighted by Crippen LogP contribution is 2.42. The van der Waals surface area contributed by atoms with E-state index in [1.54, 1.807) is 4.90 Å². The van der Waals surface area contributed by atoms with Crippen LogP contribution in [0.5, 0.6) is 0 Å². The summed E-state index contributed by atoms with van der Waals surface area (Å²) >= 11 is 0. The van der Waals surface area contributed by atoms with Crippen LogP contribution in [-0.2, 0) is 9.59 Å². The van der Waals surface area contributed by atoms with Crippen molar-refractivity contribution in [2.24, 2.45) is 16.6 Å². The van der Waals surface area contributed by atoms with Crippen molar-refractivity contribution in [1.29, 1.82) is 0 Å². The van der Waals surface area contributed by atoms with Crippen molar-refractivity contribution in [3.63, 3.8) is 0 Å². The molecule has 1 unspecified atom stereocenters. The zero-order valence-electron chi connectivity index (χ0n) is 12.4. The van der Waals surface area contributed by atoms with Crippen molar-refractivity contribution in [3.05, 3.63) is 0 Å². The number of hydrogen-bond acceptors (Lipinski definition) is 3. The van der Waals surface area contributed by atoms with Gasteiger partial charge in [0.25, 0.3) is 0 Å². The van der Waals surface area contributed by atoms with E-state index in [-0.39, 0.29) is 5.91 Å². The first-order chi connectivity index (χ1) is 9.49. The molecule has 0 aromatic heterocycles. The maximum atomic E-state index is 12.8. The molecule has 1 aliphatic heterocycles. The number of nitrogens with two attached hydrogens (primary N) is 1. The van der Waals surface area contributed by atoms with Crippen LogP contribution < -0.4 is 5.73 Å². The predicted molar refractivity (Wildman–Crippen MR) is 76.1 cm³/mol. The minimum Gasteiger partial charge on any atom is -0.481 e. The topological polar surface area (TPSA) is 83.6 Å². The minimum absolute atomic E-state index is 0.0942. The van der Waals surface area contributed by atoms with E-state index in [0.717, 1.165) is 32.1 Å². The van der Waals surface area contributed by atoms with E-state index in [4.69, 9.17) is 5.73 Å². The SMILES string of the molecule is CCCC1(C(=O)O)CCN(C(=O)C2(CN)CCCC2)C1. The maximum Gasteiger partial charge on any atom is 0.311 e. The second-order valence-corrected chi connectivity index (χ2v) is 6.50. The van der Waals surface area contributed by atoms with Gasteiger partial charge in [-0.15, -0.1) is 0 Å². The number of hydrogen-bond donors (Lipinski definition) is 2. The number of carboxylic acids is 1. The normalized spacial score (nSPS) is 28.8. The molecule has 2 aliphatic rings. The Morgan fingerprint density at radius 3 is 2.35 bits per heavy atom. The quantitative estimate of drug-likeness (QED) is 0.802. The Hall–Kier alpha value is -1.10. The molecule has 3 N–H and O–H groups in total. The van der Waals surface area contributed by atoms with Crippen LogP contribution >= 0.6 is 0 Å². The van der Waals surface area contributed by atoms with Gasteiger partial charge in [-0.05, 0) is 25.7 Å². The lowest BCUT2D eigenvalue weighted by Gasteiger charge is -2.32. The van der Waals surface area contributed by atoms with Gasteiger partial charge in [0.2, 0.25) is 5.91 Å². The van der Waals surface area contributed by atoms with Crippen LogP contribution in [0.1, 0.15) is 51.9 Å². The standard InChI is InChI=1S/C15H26N2O3/c1-2-5-15(13(19)20)8-9-17(11-15)12(18)14(10-16)6-3-4-7-14/h2-11,16H2,1H3,(H,19,20). The van der Waals surface area contributed by atoms with Crippen LogP contribution in [0.2, 0.25) is 0 Å². The van der Waals surface area contributed by atoms with Crippen molar-refractivity contribution < 1.29 is 14.7 Å². The van der Waals surface area contributed by atoms with Gasteiger partial charge < -0.3 is 15.7 Å². The van der Waals surface area contributed by atoms with Crippen LogP contribution in [0.25, 0.3) is 0 Å². The third kappa shape index (κ3) is 2.43. The summed E-state index contributed by atoms with van der Waals surface area (Å²) < 4.78 is 0. The first-order valence-corrected chi connectivity index (χ1v) is 7.72. The Bertz CT molecular complexity index is 391. The smallest absolute Gasteiger partial charge is 0.311 e. The molecule has 0 bridgehead atoms. The summed E-state index contributed by atoms with van der Waals surface area (Å²) in [7, 11) is 0. The first-order valence-electron chi connectivity index (χ1n) is 7.72. The van der Waals surface area contributed by atoms with Crippen LogP contribution in [0, 0.1) is 10.8 Å². The molecule has 0 aromatic carbocycles. The van der Waals surface area contributed by atoms with E-state index in [9.17, 15) is 14.7 Å². The highest BCUT2D eigenvalue weighted by molar-refractivity contribution is 5.85. The molecule has 1 saturated carbocycles. The minimum atomic E-state index is -0.761. The number of aliphatic carboxylic acids is 1. The van der Waals surface area contributed by atoms with Gasteiger partial charge >= 0.3 is 5.97 Å². The Morgan fingerprint density at radius 2 is 1.85 bits per heavy atom. The molecular weight excluding hydrogens is 256 g/mol. The van der Waals surface area contributed by atoms with E-state index in [1.807, 2.05) is 6.92 Å². The average molecular weight is 282 g/mol. The van der Waals surface area contributed by atoms with Gasteiger partial charge in [0.05, 0.1) is 10.8 Å². The van der Waals surface area contributed by atoms with E-state index in [2.05, 4.69) is 0 Å². The summed E-state index contributed by atoms with van der Waals surface area (Å²) in [5.41, 5.74) is 4.71. The largest absolute Gasteiger partial charge is 0.481 e. The van der Waals surface area contributed by atoms with Gasteiger partial charge in [0.1, 0.15) is 0 Å². The molecule has 5 heteroatoms. The number of likely N-dealkylation sites (tertiary alicyclic amines) is 1. The summed E-state index contributed by atoms with van der Waals surface area (Å²) in [6.45, 7) is 3.30. The first kappa shape index (κ1) is 15.3. The molecule has 1 saturated heterocycles. The average Bonchev–Trinajstić information content (AvgIpc) is 3.06. The molecule has 20 heavy (non-hydrogen) atoms. The van der Waals surface area contributed by atoms with Crippen LogP contribution in [0.4, 0.5) is 0 Å². The zero-order chi connectivity index (χ0) is 14.8.